The van der Waals surface area contributed by atoms with Gasteiger partial charge >= 0.3 is 0 Å². The zero-order valence-electron chi connectivity index (χ0n) is 16.1. The van der Waals surface area contributed by atoms with Gasteiger partial charge in [-0.1, -0.05) is 32.3 Å². The molecule has 0 saturated carbocycles. The van der Waals surface area contributed by atoms with Gasteiger partial charge in [-0.05, 0) is 45.0 Å². The SMILES string of the molecule is CC(C)(C)N1C(=O)[C@H](N2[Si](C)(C)CC[Si]2(C)C)[C@H]1c1ccccn1. The van der Waals surface area contributed by atoms with Gasteiger partial charge in [-0.15, -0.1) is 0 Å². The van der Waals surface area contributed by atoms with Gasteiger partial charge < -0.3 is 9.13 Å². The summed E-state index contributed by atoms with van der Waals surface area (Å²) in [7, 11) is -3.05. The standard InChI is InChI=1S/C18H31N3OSi2/c1-18(2,3)20-15(14-10-8-9-11-19-14)16(17(20)22)21-23(4,5)12-13-24(21,6)7/h8-11,15-16H,12-13H2,1-7H3/t15-,16-/m1/s1. The highest BCUT2D eigenvalue weighted by molar-refractivity contribution is 6.95. The van der Waals surface area contributed by atoms with Crippen molar-refractivity contribution in [1.29, 1.82) is 0 Å². The molecule has 0 bridgehead atoms. The normalized spacial score (nSPS) is 29.6. The molecule has 132 valence electrons. The molecule has 3 heterocycles. The summed E-state index contributed by atoms with van der Waals surface area (Å²) < 4.78 is 2.74. The fourth-order valence-electron chi connectivity index (χ4n) is 4.74. The number of rotatable bonds is 2. The summed E-state index contributed by atoms with van der Waals surface area (Å²) in [5.74, 6) is 0.307. The number of aromatic nitrogens is 1. The zero-order valence-corrected chi connectivity index (χ0v) is 18.1. The van der Waals surface area contributed by atoms with Gasteiger partial charge in [-0.25, -0.2) is 0 Å². The molecule has 0 unspecified atom stereocenters. The number of nitrogens with zero attached hydrogens (tertiary/aromatic N) is 3. The first-order valence-electron chi connectivity index (χ1n) is 9.00. The highest BCUT2D eigenvalue weighted by Crippen LogP contribution is 2.49. The van der Waals surface area contributed by atoms with Gasteiger partial charge in [0.2, 0.25) is 5.91 Å². The Kier molecular flexibility index (Phi) is 4.09. The van der Waals surface area contributed by atoms with E-state index in [2.05, 4.69) is 67.1 Å². The number of carbonyl (C=O) groups is 1. The second-order valence-corrected chi connectivity index (χ2v) is 19.2. The first-order valence-corrected chi connectivity index (χ1v) is 15.3. The molecule has 24 heavy (non-hydrogen) atoms. The molecular formula is C18H31N3OSi2. The number of hydrogen-bond acceptors (Lipinski definition) is 3. The summed E-state index contributed by atoms with van der Waals surface area (Å²) in [4.78, 5) is 19.9. The smallest absolute Gasteiger partial charge is 0.242 e. The van der Waals surface area contributed by atoms with Crippen molar-refractivity contribution in [3.63, 3.8) is 0 Å². The molecule has 0 aliphatic carbocycles. The van der Waals surface area contributed by atoms with Gasteiger partial charge in [-0.2, -0.15) is 0 Å². The number of likely N-dealkylation sites (tertiary alicyclic amines) is 1. The molecular weight excluding hydrogens is 330 g/mol. The van der Waals surface area contributed by atoms with Crippen molar-refractivity contribution in [2.75, 3.05) is 0 Å². The van der Waals surface area contributed by atoms with Gasteiger partial charge in [0, 0.05) is 11.7 Å². The van der Waals surface area contributed by atoms with E-state index in [0.717, 1.165) is 5.69 Å². The third-order valence-corrected chi connectivity index (χ3v) is 16.0. The Morgan fingerprint density at radius 1 is 1.04 bits per heavy atom. The van der Waals surface area contributed by atoms with Crippen LogP contribution < -0.4 is 0 Å². The van der Waals surface area contributed by atoms with Crippen LogP contribution in [-0.4, -0.2) is 48.1 Å². The number of amides is 1. The maximum atomic E-state index is 13.3. The fourth-order valence-corrected chi connectivity index (χ4v) is 19.4. The average Bonchev–Trinajstić information content (AvgIpc) is 2.67. The van der Waals surface area contributed by atoms with Crippen molar-refractivity contribution in [1.82, 2.24) is 14.1 Å². The molecule has 2 atom stereocenters. The van der Waals surface area contributed by atoms with E-state index in [1.54, 1.807) is 0 Å². The van der Waals surface area contributed by atoms with Crippen LogP contribution in [0.15, 0.2) is 24.4 Å². The molecule has 4 nitrogen and oxygen atoms in total. The number of carbonyl (C=O) groups excluding carboxylic acids is 1. The van der Waals surface area contributed by atoms with Gasteiger partial charge in [0.05, 0.1) is 11.7 Å². The maximum absolute atomic E-state index is 13.3. The van der Waals surface area contributed by atoms with E-state index < -0.39 is 16.5 Å². The van der Waals surface area contributed by atoms with E-state index in [0.29, 0.717) is 5.91 Å². The number of β-lactam (4-membered cyclic amide) rings is 1. The van der Waals surface area contributed by atoms with Gasteiger partial charge in [0.1, 0.15) is 22.5 Å². The van der Waals surface area contributed by atoms with Crippen molar-refractivity contribution in [3.05, 3.63) is 30.1 Å². The molecule has 0 N–H and O–H groups in total. The largest absolute Gasteiger partial charge is 0.333 e. The Labute approximate surface area is 148 Å². The molecule has 2 fully saturated rings. The molecule has 1 aromatic rings. The zero-order chi connectivity index (χ0) is 17.9. The number of hydrogen-bond donors (Lipinski definition) is 0. The van der Waals surface area contributed by atoms with Crippen LogP contribution in [-0.2, 0) is 4.79 Å². The Morgan fingerprint density at radius 3 is 2.08 bits per heavy atom. The summed E-state index contributed by atoms with van der Waals surface area (Å²) in [6, 6.07) is 8.81. The van der Waals surface area contributed by atoms with E-state index >= 15 is 0 Å². The predicted octanol–water partition coefficient (Wildman–Crippen LogP) is 3.86. The minimum atomic E-state index is -1.52. The van der Waals surface area contributed by atoms with E-state index in [1.807, 2.05) is 18.3 Å². The minimum absolute atomic E-state index is 0.00459. The topological polar surface area (TPSA) is 36.4 Å². The van der Waals surface area contributed by atoms with Crippen LogP contribution in [0.5, 0.6) is 0 Å². The van der Waals surface area contributed by atoms with Crippen molar-refractivity contribution in [2.24, 2.45) is 0 Å². The second kappa shape index (κ2) is 5.51. The van der Waals surface area contributed by atoms with Crippen LogP contribution in [0.4, 0.5) is 0 Å². The van der Waals surface area contributed by atoms with Crippen molar-refractivity contribution < 1.29 is 4.79 Å². The summed E-state index contributed by atoms with van der Waals surface area (Å²) in [5.41, 5.74) is 0.867. The van der Waals surface area contributed by atoms with E-state index in [-0.39, 0.29) is 17.6 Å². The third kappa shape index (κ3) is 2.68. The summed E-state index contributed by atoms with van der Waals surface area (Å²) in [5, 5.41) is 0. The van der Waals surface area contributed by atoms with Crippen molar-refractivity contribution >= 4 is 22.4 Å². The van der Waals surface area contributed by atoms with E-state index in [4.69, 9.17) is 0 Å². The summed E-state index contributed by atoms with van der Waals surface area (Å²) in [6.45, 7) is 16.2. The van der Waals surface area contributed by atoms with Crippen LogP contribution in [0, 0.1) is 0 Å². The molecule has 1 amide bonds. The van der Waals surface area contributed by atoms with Crippen LogP contribution in [0.1, 0.15) is 32.5 Å². The van der Waals surface area contributed by atoms with E-state index in [9.17, 15) is 4.79 Å². The Hall–Kier alpha value is -0.986. The highest BCUT2D eigenvalue weighted by atomic mass is 28.4. The van der Waals surface area contributed by atoms with Crippen molar-refractivity contribution in [3.8, 4) is 0 Å². The quantitative estimate of drug-likeness (QED) is 0.593. The van der Waals surface area contributed by atoms with Crippen LogP contribution in [0.25, 0.3) is 0 Å². The first-order chi connectivity index (χ1) is 11.0. The Morgan fingerprint density at radius 2 is 1.62 bits per heavy atom. The lowest BCUT2D eigenvalue weighted by molar-refractivity contribution is -0.164. The first kappa shape index (κ1) is 17.8. The third-order valence-electron chi connectivity index (χ3n) is 5.71. The maximum Gasteiger partial charge on any atom is 0.242 e. The molecule has 6 heteroatoms. The molecule has 2 aliphatic rings. The van der Waals surface area contributed by atoms with Gasteiger partial charge in [0.15, 0.2) is 0 Å². The molecule has 0 spiro atoms. The van der Waals surface area contributed by atoms with Gasteiger partial charge in [0.25, 0.3) is 0 Å². The Balaban J connectivity index is 2.05. The van der Waals surface area contributed by atoms with Crippen LogP contribution >= 0.6 is 0 Å². The highest BCUT2D eigenvalue weighted by Gasteiger charge is 2.62. The molecule has 1 aromatic heterocycles. The fraction of sp³-hybridized carbons (Fsp3) is 0.667. The molecule has 0 radical (unpaired) electrons. The van der Waals surface area contributed by atoms with Gasteiger partial charge in [-0.3, -0.25) is 9.78 Å². The second-order valence-electron chi connectivity index (χ2n) is 9.52. The Bertz CT molecular complexity index is 623. The van der Waals surface area contributed by atoms with E-state index in [1.165, 1.54) is 12.1 Å². The lowest BCUT2D eigenvalue weighted by Crippen LogP contribution is -2.76. The lowest BCUT2D eigenvalue weighted by atomic mass is 9.86. The average molecular weight is 362 g/mol. The monoisotopic (exact) mass is 361 g/mol. The molecule has 2 saturated heterocycles. The minimum Gasteiger partial charge on any atom is -0.333 e. The van der Waals surface area contributed by atoms with Crippen LogP contribution in [0.3, 0.4) is 0 Å². The summed E-state index contributed by atoms with van der Waals surface area (Å²) >= 11 is 0. The molecule has 3 rings (SSSR count). The number of pyridine rings is 1. The molecule has 0 aromatic carbocycles. The lowest BCUT2D eigenvalue weighted by Gasteiger charge is -2.60. The predicted molar refractivity (Wildman–Crippen MR) is 104 cm³/mol. The summed E-state index contributed by atoms with van der Waals surface area (Å²) in [6.07, 6.45) is 1.85. The van der Waals surface area contributed by atoms with Crippen molar-refractivity contribution in [2.45, 2.75) is 76.7 Å². The van der Waals surface area contributed by atoms with Crippen LogP contribution in [0.2, 0.25) is 38.3 Å². The molecule has 2 aliphatic heterocycles.